The number of aromatic nitrogens is 2. The molecule has 0 saturated carbocycles. The molecule has 0 aliphatic carbocycles. The van der Waals surface area contributed by atoms with Gasteiger partial charge in [0.05, 0.1) is 24.3 Å². The minimum absolute atomic E-state index is 0.254. The number of rotatable bonds is 5. The maximum Gasteiger partial charge on any atom is 0.498 e. The van der Waals surface area contributed by atoms with Crippen molar-refractivity contribution in [1.29, 1.82) is 0 Å². The molecule has 0 spiro atoms. The van der Waals surface area contributed by atoms with Crippen LogP contribution in [0.15, 0.2) is 12.4 Å². The van der Waals surface area contributed by atoms with Crippen molar-refractivity contribution >= 4 is 12.6 Å². The number of alkyl halides is 3. The minimum Gasteiger partial charge on any atom is -0.399 e. The molecule has 0 atom stereocenters. The smallest absolute Gasteiger partial charge is 0.399 e. The van der Waals surface area contributed by atoms with Gasteiger partial charge in [0.15, 0.2) is 0 Å². The molecular formula is C14H23BF3N3O2. The minimum atomic E-state index is -4.19. The van der Waals surface area contributed by atoms with E-state index in [0.717, 1.165) is 5.46 Å². The van der Waals surface area contributed by atoms with Crippen LogP contribution in [0.5, 0.6) is 0 Å². The van der Waals surface area contributed by atoms with Crippen molar-refractivity contribution in [3.8, 4) is 0 Å². The molecule has 130 valence electrons. The molecular weight excluding hydrogens is 310 g/mol. The highest BCUT2D eigenvalue weighted by Gasteiger charge is 2.52. The summed E-state index contributed by atoms with van der Waals surface area (Å²) in [5.74, 6) is 0. The molecule has 2 rings (SSSR count). The van der Waals surface area contributed by atoms with Gasteiger partial charge < -0.3 is 9.31 Å². The Morgan fingerprint density at radius 1 is 1.22 bits per heavy atom. The average Bonchev–Trinajstić information content (AvgIpc) is 2.88. The van der Waals surface area contributed by atoms with Crippen molar-refractivity contribution in [3.05, 3.63) is 12.4 Å². The summed E-state index contributed by atoms with van der Waals surface area (Å²) in [6, 6.07) is 0. The molecule has 1 fully saturated rings. The largest absolute Gasteiger partial charge is 0.498 e. The fraction of sp³-hybridized carbons (Fsp3) is 0.786. The number of likely N-dealkylation sites (N-methyl/N-ethyl adjacent to an activating group) is 1. The van der Waals surface area contributed by atoms with Gasteiger partial charge in [-0.15, -0.1) is 0 Å². The standard InChI is InChI=1S/C14H23BF3N3O2/c1-12(2)13(3,4)23-15(22-12)11-8-19-21(9-11)7-6-20(5)10-14(16,17)18/h8-9H,6-7,10H2,1-5H3. The van der Waals surface area contributed by atoms with Crippen molar-refractivity contribution in [2.24, 2.45) is 0 Å². The van der Waals surface area contributed by atoms with Crippen LogP contribution in [0.1, 0.15) is 27.7 Å². The van der Waals surface area contributed by atoms with Crippen LogP contribution in [0.4, 0.5) is 13.2 Å². The Morgan fingerprint density at radius 3 is 2.30 bits per heavy atom. The zero-order valence-corrected chi connectivity index (χ0v) is 14.1. The molecule has 5 nitrogen and oxygen atoms in total. The molecule has 1 aliphatic rings. The van der Waals surface area contributed by atoms with Crippen LogP contribution in [-0.2, 0) is 15.9 Å². The highest BCUT2D eigenvalue weighted by Crippen LogP contribution is 2.36. The summed E-state index contributed by atoms with van der Waals surface area (Å²) < 4.78 is 50.3. The first-order valence-electron chi connectivity index (χ1n) is 7.53. The van der Waals surface area contributed by atoms with Gasteiger partial charge in [0.1, 0.15) is 0 Å². The molecule has 0 amide bonds. The van der Waals surface area contributed by atoms with Crippen LogP contribution in [-0.4, -0.2) is 59.3 Å². The van der Waals surface area contributed by atoms with Crippen molar-refractivity contribution in [2.45, 2.75) is 51.6 Å². The molecule has 23 heavy (non-hydrogen) atoms. The van der Waals surface area contributed by atoms with E-state index in [2.05, 4.69) is 5.10 Å². The Hall–Kier alpha value is -1.06. The summed E-state index contributed by atoms with van der Waals surface area (Å²) >= 11 is 0. The highest BCUT2D eigenvalue weighted by molar-refractivity contribution is 6.61. The second-order valence-corrected chi connectivity index (χ2v) is 6.98. The molecule has 0 aromatic carbocycles. The fourth-order valence-electron chi connectivity index (χ4n) is 2.26. The summed E-state index contributed by atoms with van der Waals surface area (Å²) in [5, 5.41) is 4.17. The van der Waals surface area contributed by atoms with Gasteiger partial charge in [0, 0.05) is 24.4 Å². The molecule has 1 aliphatic heterocycles. The third-order valence-corrected chi connectivity index (χ3v) is 4.34. The van der Waals surface area contributed by atoms with E-state index in [9.17, 15) is 13.2 Å². The molecule has 0 N–H and O–H groups in total. The number of halogens is 3. The maximum atomic E-state index is 12.3. The van der Waals surface area contributed by atoms with Crippen molar-refractivity contribution in [2.75, 3.05) is 20.1 Å². The van der Waals surface area contributed by atoms with Crippen LogP contribution in [0.25, 0.3) is 0 Å². The summed E-state index contributed by atoms with van der Waals surface area (Å²) in [7, 11) is 0.924. The van der Waals surface area contributed by atoms with Crippen molar-refractivity contribution < 1.29 is 22.5 Å². The first-order valence-corrected chi connectivity index (χ1v) is 7.53. The Kier molecular flexibility index (Phi) is 4.85. The molecule has 1 aromatic rings. The number of hydrogen-bond acceptors (Lipinski definition) is 4. The fourth-order valence-corrected chi connectivity index (χ4v) is 2.26. The van der Waals surface area contributed by atoms with Gasteiger partial charge in [0.2, 0.25) is 0 Å². The highest BCUT2D eigenvalue weighted by atomic mass is 19.4. The third kappa shape index (κ3) is 4.48. The van der Waals surface area contributed by atoms with Crippen LogP contribution in [0, 0.1) is 0 Å². The molecule has 2 heterocycles. The lowest BCUT2D eigenvalue weighted by atomic mass is 9.82. The van der Waals surface area contributed by atoms with Crippen molar-refractivity contribution in [1.82, 2.24) is 14.7 Å². The van der Waals surface area contributed by atoms with Crippen LogP contribution < -0.4 is 5.46 Å². The third-order valence-electron chi connectivity index (χ3n) is 4.34. The number of hydrogen-bond donors (Lipinski definition) is 0. The van der Waals surface area contributed by atoms with E-state index >= 15 is 0 Å². The SMILES string of the molecule is CN(CCn1cc(B2OC(C)(C)C(C)(C)O2)cn1)CC(F)(F)F. The zero-order chi connectivity index (χ0) is 17.5. The maximum absolute atomic E-state index is 12.3. The van der Waals surface area contributed by atoms with E-state index in [-0.39, 0.29) is 6.54 Å². The van der Waals surface area contributed by atoms with E-state index in [1.54, 1.807) is 17.1 Å². The van der Waals surface area contributed by atoms with Crippen molar-refractivity contribution in [3.63, 3.8) is 0 Å². The molecule has 0 bridgehead atoms. The second kappa shape index (κ2) is 6.10. The summed E-state index contributed by atoms with van der Waals surface area (Å²) in [6.07, 6.45) is -0.803. The number of nitrogens with zero attached hydrogens (tertiary/aromatic N) is 3. The normalized spacial score (nSPS) is 20.5. The van der Waals surface area contributed by atoms with Gasteiger partial charge in [-0.05, 0) is 34.7 Å². The monoisotopic (exact) mass is 333 g/mol. The Balaban J connectivity index is 1.92. The first kappa shape index (κ1) is 18.3. The van der Waals surface area contributed by atoms with Gasteiger partial charge in [-0.3, -0.25) is 9.58 Å². The van der Waals surface area contributed by atoms with Gasteiger partial charge in [-0.2, -0.15) is 18.3 Å². The predicted molar refractivity (Wildman–Crippen MR) is 81.5 cm³/mol. The van der Waals surface area contributed by atoms with E-state index < -0.39 is 31.0 Å². The van der Waals surface area contributed by atoms with E-state index in [0.29, 0.717) is 6.54 Å². The lowest BCUT2D eigenvalue weighted by Gasteiger charge is -2.32. The Morgan fingerprint density at radius 2 is 1.78 bits per heavy atom. The zero-order valence-electron chi connectivity index (χ0n) is 14.1. The summed E-state index contributed by atoms with van der Waals surface area (Å²) in [4.78, 5) is 1.22. The predicted octanol–water partition coefficient (Wildman–Crippen LogP) is 1.68. The molecule has 9 heteroatoms. The van der Waals surface area contributed by atoms with E-state index in [1.165, 1.54) is 11.9 Å². The Bertz CT molecular complexity index is 530. The molecule has 0 radical (unpaired) electrons. The van der Waals surface area contributed by atoms with Gasteiger partial charge in [-0.25, -0.2) is 0 Å². The van der Waals surface area contributed by atoms with E-state index in [1.807, 2.05) is 27.7 Å². The quantitative estimate of drug-likeness (QED) is 0.769. The second-order valence-electron chi connectivity index (χ2n) is 6.98. The van der Waals surface area contributed by atoms with E-state index in [4.69, 9.17) is 9.31 Å². The molecule has 1 saturated heterocycles. The Labute approximate surface area is 134 Å². The lowest BCUT2D eigenvalue weighted by molar-refractivity contribution is -0.143. The first-order chi connectivity index (χ1) is 10.4. The van der Waals surface area contributed by atoms with Crippen LogP contribution in [0.2, 0.25) is 0 Å². The lowest BCUT2D eigenvalue weighted by Crippen LogP contribution is -2.41. The van der Waals surface area contributed by atoms with Gasteiger partial charge in [0.25, 0.3) is 0 Å². The summed E-state index contributed by atoms with van der Waals surface area (Å²) in [6.45, 7) is 7.54. The average molecular weight is 333 g/mol. The molecule has 0 unspecified atom stereocenters. The van der Waals surface area contributed by atoms with Gasteiger partial charge in [-0.1, -0.05) is 0 Å². The summed E-state index contributed by atoms with van der Waals surface area (Å²) in [5.41, 5.74) is -0.110. The van der Waals surface area contributed by atoms with Gasteiger partial charge >= 0.3 is 13.3 Å². The topological polar surface area (TPSA) is 39.5 Å². The molecule has 1 aromatic heterocycles. The van der Waals surface area contributed by atoms with Crippen LogP contribution in [0.3, 0.4) is 0 Å². The van der Waals surface area contributed by atoms with Crippen LogP contribution >= 0.6 is 0 Å².